The van der Waals surface area contributed by atoms with Gasteiger partial charge >= 0.3 is 6.18 Å². The van der Waals surface area contributed by atoms with Gasteiger partial charge in [-0.3, -0.25) is 4.79 Å². The molecule has 2 N–H and O–H groups in total. The maximum atomic E-state index is 12.7. The Bertz CT molecular complexity index is 714. The van der Waals surface area contributed by atoms with E-state index in [9.17, 15) is 23.1 Å². The first kappa shape index (κ1) is 18.3. The number of carbonyl (C=O) groups excluding carboxylic acids is 1. The predicted molar refractivity (Wildman–Crippen MR) is 90.9 cm³/mol. The summed E-state index contributed by atoms with van der Waals surface area (Å²) in [5.41, 5.74) is -0.427. The van der Waals surface area contributed by atoms with Gasteiger partial charge < -0.3 is 10.4 Å². The molecule has 1 saturated heterocycles. The van der Waals surface area contributed by atoms with Gasteiger partial charge in [-0.15, -0.1) is 0 Å². The fourth-order valence-corrected chi connectivity index (χ4v) is 4.19. The van der Waals surface area contributed by atoms with E-state index in [1.807, 2.05) is 0 Å². The van der Waals surface area contributed by atoms with Crippen LogP contribution in [0.1, 0.15) is 44.6 Å². The third-order valence-corrected chi connectivity index (χ3v) is 6.50. The minimum absolute atomic E-state index is 0.160. The van der Waals surface area contributed by atoms with Gasteiger partial charge in [-0.2, -0.15) is 13.2 Å². The van der Waals surface area contributed by atoms with Crippen molar-refractivity contribution < 1.29 is 23.1 Å². The highest BCUT2D eigenvalue weighted by molar-refractivity contribution is 8.16. The molecule has 25 heavy (non-hydrogen) atoms. The van der Waals surface area contributed by atoms with Gasteiger partial charge in [0.2, 0.25) is 5.91 Å². The molecule has 2 unspecified atom stereocenters. The van der Waals surface area contributed by atoms with Gasteiger partial charge in [0, 0.05) is 0 Å². The first-order valence-corrected chi connectivity index (χ1v) is 8.85. The highest BCUT2D eigenvalue weighted by Crippen LogP contribution is 2.50. The normalized spacial score (nSPS) is 28.6. The summed E-state index contributed by atoms with van der Waals surface area (Å²) < 4.78 is 37.2. The number of halogens is 3. The van der Waals surface area contributed by atoms with Gasteiger partial charge in [0.1, 0.15) is 4.75 Å². The lowest BCUT2D eigenvalue weighted by atomic mass is 9.71. The van der Waals surface area contributed by atoms with E-state index < -0.39 is 22.4 Å². The van der Waals surface area contributed by atoms with Crippen molar-refractivity contribution in [3.8, 4) is 0 Å². The van der Waals surface area contributed by atoms with E-state index in [0.717, 1.165) is 13.3 Å². The van der Waals surface area contributed by atoms with E-state index in [1.54, 1.807) is 6.92 Å². The van der Waals surface area contributed by atoms with Gasteiger partial charge in [-0.25, -0.2) is 4.99 Å². The maximum Gasteiger partial charge on any atom is 0.395 e. The van der Waals surface area contributed by atoms with Crippen molar-refractivity contribution in [1.29, 1.82) is 0 Å². The Hall–Kier alpha value is -1.54. The summed E-state index contributed by atoms with van der Waals surface area (Å²) in [5, 5.41) is 13.6. The van der Waals surface area contributed by atoms with Crippen LogP contribution in [0, 0.1) is 0 Å². The molecule has 1 aromatic carbocycles. The van der Waals surface area contributed by atoms with Gasteiger partial charge in [0.05, 0.1) is 17.2 Å². The Morgan fingerprint density at radius 1 is 1.28 bits per heavy atom. The number of benzene rings is 1. The summed E-state index contributed by atoms with van der Waals surface area (Å²) in [6, 6.07) is 5.76. The lowest BCUT2D eigenvalue weighted by Gasteiger charge is -2.45. The van der Waals surface area contributed by atoms with Crippen LogP contribution in [0.5, 0.6) is 0 Å². The number of amidine groups is 1. The summed E-state index contributed by atoms with van der Waals surface area (Å²) in [6.07, 6.45) is -2.27. The Morgan fingerprint density at radius 2 is 1.88 bits per heavy atom. The molecule has 0 radical (unpaired) electrons. The smallest absolute Gasteiger partial charge is 0.388 e. The maximum absolute atomic E-state index is 12.7. The number of aliphatic hydroxyl groups is 1. The molecule has 1 aliphatic carbocycles. The minimum Gasteiger partial charge on any atom is -0.388 e. The molecule has 0 aromatic heterocycles. The second kappa shape index (κ2) is 6.02. The van der Waals surface area contributed by atoms with Gasteiger partial charge in [0.15, 0.2) is 5.17 Å². The summed E-state index contributed by atoms with van der Waals surface area (Å²) >= 11 is 1.17. The zero-order chi connectivity index (χ0) is 18.5. The van der Waals surface area contributed by atoms with Crippen LogP contribution in [-0.2, 0) is 4.79 Å². The van der Waals surface area contributed by atoms with E-state index in [4.69, 9.17) is 0 Å². The van der Waals surface area contributed by atoms with Crippen LogP contribution in [0.3, 0.4) is 0 Å². The molecule has 4 nitrogen and oxygen atoms in total. The molecule has 0 spiro atoms. The number of thioether (sulfide) groups is 1. The molecule has 2 aliphatic rings. The molecule has 0 bridgehead atoms. The Morgan fingerprint density at radius 3 is 2.36 bits per heavy atom. The zero-order valence-electron chi connectivity index (χ0n) is 13.9. The van der Waals surface area contributed by atoms with Crippen molar-refractivity contribution in [2.45, 2.75) is 55.6 Å². The van der Waals surface area contributed by atoms with Crippen molar-refractivity contribution in [1.82, 2.24) is 5.32 Å². The summed E-state index contributed by atoms with van der Waals surface area (Å²) in [6.45, 7) is 2.81. The largest absolute Gasteiger partial charge is 0.395 e. The van der Waals surface area contributed by atoms with Crippen molar-refractivity contribution in [2.24, 2.45) is 4.99 Å². The standard InChI is InChI=1S/C17H19F3N2O2S/c1-10(17(18,19)20)11-4-6-12(7-5-11)21-14-22-13(23)15(2,25-14)16(24)8-3-9-16/h4-7,10,24H,3,8-9H2,1-2H3,(H,21,22,23). The predicted octanol–water partition coefficient (Wildman–Crippen LogP) is 3.88. The monoisotopic (exact) mass is 372 g/mol. The molecule has 1 saturated carbocycles. The summed E-state index contributed by atoms with van der Waals surface area (Å²) in [4.78, 5) is 16.6. The molecule has 8 heteroatoms. The lowest BCUT2D eigenvalue weighted by Crippen LogP contribution is -2.58. The first-order valence-electron chi connectivity index (χ1n) is 8.03. The third-order valence-electron chi connectivity index (χ3n) is 5.14. The number of rotatable bonds is 3. The average molecular weight is 372 g/mol. The van der Waals surface area contributed by atoms with Gasteiger partial charge in [-0.05, 0) is 50.8 Å². The third kappa shape index (κ3) is 3.17. The van der Waals surface area contributed by atoms with Crippen LogP contribution in [0.4, 0.5) is 18.9 Å². The highest BCUT2D eigenvalue weighted by atomic mass is 32.2. The Labute approximate surface area is 147 Å². The van der Waals surface area contributed by atoms with E-state index >= 15 is 0 Å². The second-order valence-corrected chi connectivity index (χ2v) is 8.15. The number of nitrogens with one attached hydrogen (secondary N) is 1. The molecule has 3 rings (SSSR count). The molecule has 2 atom stereocenters. The fourth-order valence-electron chi connectivity index (χ4n) is 2.97. The number of hydrogen-bond donors (Lipinski definition) is 2. The molecule has 2 fully saturated rings. The van der Waals surface area contributed by atoms with Gasteiger partial charge in [-0.1, -0.05) is 23.9 Å². The lowest BCUT2D eigenvalue weighted by molar-refractivity contribution is -0.146. The molecule has 1 aromatic rings. The van der Waals surface area contributed by atoms with Gasteiger partial charge in [0.25, 0.3) is 0 Å². The Balaban J connectivity index is 1.77. The number of hydrogen-bond acceptors (Lipinski definition) is 4. The number of amides is 1. The van der Waals surface area contributed by atoms with Crippen LogP contribution in [-0.4, -0.2) is 32.7 Å². The quantitative estimate of drug-likeness (QED) is 0.847. The molecule has 136 valence electrons. The molecule has 1 amide bonds. The van der Waals surface area contributed by atoms with E-state index in [1.165, 1.54) is 36.0 Å². The van der Waals surface area contributed by atoms with E-state index in [-0.39, 0.29) is 11.5 Å². The van der Waals surface area contributed by atoms with Crippen molar-refractivity contribution in [2.75, 3.05) is 0 Å². The average Bonchev–Trinajstić information content (AvgIpc) is 2.79. The number of aliphatic imine (C=N–C) groups is 1. The van der Waals surface area contributed by atoms with Crippen molar-refractivity contribution in [3.63, 3.8) is 0 Å². The summed E-state index contributed by atoms with van der Waals surface area (Å²) in [7, 11) is 0. The van der Waals surface area contributed by atoms with Crippen molar-refractivity contribution >= 4 is 28.5 Å². The number of alkyl halides is 3. The molecular weight excluding hydrogens is 353 g/mol. The van der Waals surface area contributed by atoms with Crippen LogP contribution in [0.2, 0.25) is 0 Å². The molecule has 1 aliphatic heterocycles. The fraction of sp³-hybridized carbons (Fsp3) is 0.529. The second-order valence-electron chi connectivity index (χ2n) is 6.75. The Kier molecular flexibility index (Phi) is 4.39. The van der Waals surface area contributed by atoms with Crippen LogP contribution < -0.4 is 5.32 Å². The number of nitrogens with zero attached hydrogens (tertiary/aromatic N) is 1. The van der Waals surface area contributed by atoms with Crippen molar-refractivity contribution in [3.05, 3.63) is 29.8 Å². The molecular formula is C17H19F3N2O2S. The van der Waals surface area contributed by atoms with Crippen LogP contribution in [0.25, 0.3) is 0 Å². The van der Waals surface area contributed by atoms with E-state index in [0.29, 0.717) is 23.7 Å². The molecule has 1 heterocycles. The first-order chi connectivity index (χ1) is 11.6. The minimum atomic E-state index is -4.29. The van der Waals surface area contributed by atoms with Crippen LogP contribution >= 0.6 is 11.8 Å². The topological polar surface area (TPSA) is 61.7 Å². The number of carbonyl (C=O) groups is 1. The zero-order valence-corrected chi connectivity index (χ0v) is 14.7. The highest BCUT2D eigenvalue weighted by Gasteiger charge is 2.59. The van der Waals surface area contributed by atoms with Crippen LogP contribution in [0.15, 0.2) is 29.3 Å². The van der Waals surface area contributed by atoms with E-state index in [2.05, 4.69) is 10.3 Å². The SMILES string of the molecule is CC(c1ccc(N=C2NC(=O)C(C)(C3(O)CCC3)S2)cc1)C(F)(F)F. The summed E-state index contributed by atoms with van der Waals surface area (Å²) in [5.74, 6) is -1.84.